The van der Waals surface area contributed by atoms with Crippen LogP contribution in [0.15, 0.2) is 47.2 Å². The lowest BCUT2D eigenvalue weighted by molar-refractivity contribution is 0.140. The lowest BCUT2D eigenvalue weighted by atomic mass is 10.0. The summed E-state index contributed by atoms with van der Waals surface area (Å²) in [6, 6.07) is 9.56. The number of anilines is 1. The van der Waals surface area contributed by atoms with Crippen LogP contribution in [0.3, 0.4) is 0 Å². The average Bonchev–Trinajstić information content (AvgIpc) is 3.09. The molecule has 0 aliphatic rings. The van der Waals surface area contributed by atoms with Crippen molar-refractivity contribution in [2.75, 3.05) is 12.3 Å². The Morgan fingerprint density at radius 1 is 1.31 bits per heavy atom. The summed E-state index contributed by atoms with van der Waals surface area (Å²) in [5, 5.41) is 3.61. The third-order valence-electron chi connectivity index (χ3n) is 4.23. The maximum Gasteiger partial charge on any atom is 0.407 e. The molecule has 3 rings (SSSR count). The van der Waals surface area contributed by atoms with E-state index in [4.69, 9.17) is 14.9 Å². The number of hydrogen-bond acceptors (Lipinski definition) is 5. The first-order chi connectivity index (χ1) is 12.6. The first kappa shape index (κ1) is 17.8. The lowest BCUT2D eigenvalue weighted by Gasteiger charge is -2.08. The summed E-state index contributed by atoms with van der Waals surface area (Å²) >= 11 is 0. The Morgan fingerprint density at radius 3 is 2.81 bits per heavy atom. The number of pyridine rings is 1. The minimum Gasteiger partial charge on any atom is -0.464 e. The van der Waals surface area contributed by atoms with Crippen molar-refractivity contribution in [3.05, 3.63) is 59.5 Å². The molecule has 0 bridgehead atoms. The Balaban J connectivity index is 1.58. The Bertz CT molecular complexity index is 888. The van der Waals surface area contributed by atoms with E-state index in [-0.39, 0.29) is 6.61 Å². The van der Waals surface area contributed by atoms with Crippen molar-refractivity contribution in [3.63, 3.8) is 0 Å². The van der Waals surface area contributed by atoms with Gasteiger partial charge in [-0.05, 0) is 17.9 Å². The van der Waals surface area contributed by atoms with Crippen molar-refractivity contribution in [2.24, 2.45) is 0 Å². The van der Waals surface area contributed by atoms with Crippen molar-refractivity contribution in [3.8, 4) is 0 Å². The van der Waals surface area contributed by atoms with Crippen LogP contribution in [0.5, 0.6) is 0 Å². The fraction of sp³-hybridized carbons (Fsp3) is 0.300. The Labute approximate surface area is 152 Å². The number of nitrogen functional groups attached to an aromatic ring is 1. The highest BCUT2D eigenvalue weighted by Gasteiger charge is 2.16. The number of nitrogens with one attached hydrogen (secondary N) is 1. The summed E-state index contributed by atoms with van der Waals surface area (Å²) in [5.74, 6) is 0.762. The number of furan rings is 1. The summed E-state index contributed by atoms with van der Waals surface area (Å²) in [7, 11) is 0. The number of amides is 1. The van der Waals surface area contributed by atoms with Gasteiger partial charge in [-0.2, -0.15) is 0 Å². The molecule has 0 aliphatic heterocycles. The number of rotatable bonds is 6. The van der Waals surface area contributed by atoms with Gasteiger partial charge in [0, 0.05) is 23.9 Å². The highest BCUT2D eigenvalue weighted by atomic mass is 16.5. The molecule has 2 aromatic heterocycles. The number of benzene rings is 1. The number of nitrogens with two attached hydrogens (primary N) is 1. The first-order valence-corrected chi connectivity index (χ1v) is 8.65. The summed E-state index contributed by atoms with van der Waals surface area (Å²) in [6.45, 7) is 4.84. The topological polar surface area (TPSA) is 90.4 Å². The van der Waals surface area contributed by atoms with Crippen molar-refractivity contribution in [2.45, 2.75) is 32.8 Å². The van der Waals surface area contributed by atoms with Gasteiger partial charge in [-0.1, -0.05) is 44.2 Å². The number of alkyl carbamates (subject to hydrolysis) is 1. The standard InChI is InChI=1S/C20H23N3O3/c1-13(2)16-12-25-18-15(10-23-19(21)17(16)18)8-9-22-20(24)26-11-14-6-4-3-5-7-14/h3-7,10,12-13H,8-9,11H2,1-2H3,(H2,21,23)(H,22,24). The van der Waals surface area contributed by atoms with E-state index in [2.05, 4.69) is 24.1 Å². The second-order valence-electron chi connectivity index (χ2n) is 6.46. The van der Waals surface area contributed by atoms with E-state index >= 15 is 0 Å². The molecule has 0 unspecified atom stereocenters. The SMILES string of the molecule is CC(C)c1coc2c(CCNC(=O)OCc3ccccc3)cnc(N)c12. The number of carbonyl (C=O) groups excluding carboxylic acids is 1. The molecule has 3 N–H and O–H groups in total. The van der Waals surface area contributed by atoms with Gasteiger partial charge in [0.15, 0.2) is 0 Å². The van der Waals surface area contributed by atoms with Crippen LogP contribution in [0.25, 0.3) is 11.0 Å². The van der Waals surface area contributed by atoms with Gasteiger partial charge in [-0.25, -0.2) is 9.78 Å². The molecule has 0 saturated carbocycles. The molecular weight excluding hydrogens is 330 g/mol. The van der Waals surface area contributed by atoms with Crippen molar-refractivity contribution in [1.82, 2.24) is 10.3 Å². The normalized spacial score (nSPS) is 11.0. The van der Waals surface area contributed by atoms with Gasteiger partial charge in [0.25, 0.3) is 0 Å². The number of hydrogen-bond donors (Lipinski definition) is 2. The monoisotopic (exact) mass is 353 g/mol. The number of nitrogens with zero attached hydrogens (tertiary/aromatic N) is 1. The molecule has 6 nitrogen and oxygen atoms in total. The van der Waals surface area contributed by atoms with Crippen LogP contribution >= 0.6 is 0 Å². The number of fused-ring (bicyclic) bond motifs is 1. The fourth-order valence-electron chi connectivity index (χ4n) is 2.82. The van der Waals surface area contributed by atoms with Crippen LogP contribution in [-0.4, -0.2) is 17.6 Å². The van der Waals surface area contributed by atoms with Gasteiger partial charge in [0.05, 0.1) is 11.6 Å². The number of aromatic nitrogens is 1. The van der Waals surface area contributed by atoms with Crippen LogP contribution in [0, 0.1) is 0 Å². The van der Waals surface area contributed by atoms with Crippen LogP contribution < -0.4 is 11.1 Å². The molecule has 1 aromatic carbocycles. The zero-order chi connectivity index (χ0) is 18.5. The highest BCUT2D eigenvalue weighted by Crippen LogP contribution is 2.32. The third kappa shape index (κ3) is 3.96. The molecule has 0 aliphatic carbocycles. The highest BCUT2D eigenvalue weighted by molar-refractivity contribution is 5.92. The van der Waals surface area contributed by atoms with Gasteiger partial charge >= 0.3 is 6.09 Å². The Morgan fingerprint density at radius 2 is 2.08 bits per heavy atom. The van der Waals surface area contributed by atoms with Crippen LogP contribution in [0.4, 0.5) is 10.6 Å². The average molecular weight is 353 g/mol. The smallest absolute Gasteiger partial charge is 0.407 e. The van der Waals surface area contributed by atoms with Crippen LogP contribution in [0.1, 0.15) is 36.5 Å². The van der Waals surface area contributed by atoms with Crippen molar-refractivity contribution < 1.29 is 13.9 Å². The van der Waals surface area contributed by atoms with E-state index in [0.717, 1.165) is 27.7 Å². The second-order valence-corrected chi connectivity index (χ2v) is 6.46. The maximum absolute atomic E-state index is 11.8. The van der Waals surface area contributed by atoms with Gasteiger partial charge in [0.1, 0.15) is 18.0 Å². The van der Waals surface area contributed by atoms with Gasteiger partial charge in [0.2, 0.25) is 0 Å². The van der Waals surface area contributed by atoms with Gasteiger partial charge in [-0.15, -0.1) is 0 Å². The maximum atomic E-state index is 11.8. The largest absolute Gasteiger partial charge is 0.464 e. The first-order valence-electron chi connectivity index (χ1n) is 8.65. The van der Waals surface area contributed by atoms with E-state index in [1.165, 1.54) is 0 Å². The molecule has 26 heavy (non-hydrogen) atoms. The summed E-state index contributed by atoms with van der Waals surface area (Å²) < 4.78 is 10.9. The second kappa shape index (κ2) is 7.91. The number of carbonyl (C=O) groups is 1. The quantitative estimate of drug-likeness (QED) is 0.699. The molecule has 0 radical (unpaired) electrons. The van der Waals surface area contributed by atoms with E-state index < -0.39 is 6.09 Å². The molecular formula is C20H23N3O3. The molecule has 0 saturated heterocycles. The minimum atomic E-state index is -0.448. The van der Waals surface area contributed by atoms with Crippen molar-refractivity contribution >= 4 is 22.9 Å². The lowest BCUT2D eigenvalue weighted by Crippen LogP contribution is -2.26. The van der Waals surface area contributed by atoms with Gasteiger partial charge in [-0.3, -0.25) is 0 Å². The summed E-state index contributed by atoms with van der Waals surface area (Å²) in [6.07, 6.45) is 3.56. The Kier molecular flexibility index (Phi) is 5.41. The molecule has 136 valence electrons. The zero-order valence-corrected chi connectivity index (χ0v) is 15.0. The third-order valence-corrected chi connectivity index (χ3v) is 4.23. The summed E-state index contributed by atoms with van der Waals surface area (Å²) in [5.41, 5.74) is 9.65. The predicted octanol–water partition coefficient (Wildman–Crippen LogP) is 4.00. The van der Waals surface area contributed by atoms with E-state index in [1.54, 1.807) is 12.5 Å². The summed E-state index contributed by atoms with van der Waals surface area (Å²) in [4.78, 5) is 16.1. The molecule has 0 fully saturated rings. The fourth-order valence-corrected chi connectivity index (χ4v) is 2.82. The minimum absolute atomic E-state index is 0.246. The molecule has 1 amide bonds. The van der Waals surface area contributed by atoms with E-state index in [9.17, 15) is 4.79 Å². The van der Waals surface area contributed by atoms with Gasteiger partial charge < -0.3 is 20.2 Å². The molecule has 0 spiro atoms. The van der Waals surface area contributed by atoms with E-state index in [1.807, 2.05) is 30.3 Å². The Hall–Kier alpha value is -3.02. The van der Waals surface area contributed by atoms with Crippen LogP contribution in [-0.2, 0) is 17.8 Å². The van der Waals surface area contributed by atoms with Crippen LogP contribution in [0.2, 0.25) is 0 Å². The number of ether oxygens (including phenoxy) is 1. The van der Waals surface area contributed by atoms with E-state index in [0.29, 0.717) is 24.7 Å². The van der Waals surface area contributed by atoms with Crippen molar-refractivity contribution in [1.29, 1.82) is 0 Å². The molecule has 0 atom stereocenters. The molecule has 3 aromatic rings. The zero-order valence-electron chi connectivity index (χ0n) is 15.0. The molecule has 2 heterocycles. The molecule has 6 heteroatoms. The predicted molar refractivity (Wildman–Crippen MR) is 101 cm³/mol.